The lowest BCUT2D eigenvalue weighted by Gasteiger charge is -1.90. The molecule has 13 heavy (non-hydrogen) atoms. The third kappa shape index (κ3) is 1.77. The first kappa shape index (κ1) is 9.19. The molecule has 0 fully saturated rings. The molecular weight excluding hydrogens is 222 g/mol. The number of aryl methyl sites for hydroxylation is 1. The van der Waals surface area contributed by atoms with E-state index < -0.39 is 0 Å². The first-order chi connectivity index (χ1) is 6.31. The summed E-state index contributed by atoms with van der Waals surface area (Å²) in [7, 11) is 0. The average Bonchev–Trinajstić information content (AvgIpc) is 2.72. The van der Waals surface area contributed by atoms with E-state index in [0.717, 1.165) is 10.7 Å². The highest BCUT2D eigenvalue weighted by atomic mass is 35.5. The fourth-order valence-corrected chi connectivity index (χ4v) is 3.01. The highest BCUT2D eigenvalue weighted by molar-refractivity contribution is 7.15. The van der Waals surface area contributed by atoms with Crippen molar-refractivity contribution < 1.29 is 0 Å². The number of thiophene rings is 1. The first-order valence-corrected chi connectivity index (χ1v) is 6.10. The van der Waals surface area contributed by atoms with E-state index in [1.165, 1.54) is 9.75 Å². The van der Waals surface area contributed by atoms with Crippen LogP contribution < -0.4 is 0 Å². The summed E-state index contributed by atoms with van der Waals surface area (Å²) >= 11 is 9.12. The molecule has 2 aromatic heterocycles. The fraction of sp³-hybridized carbons (Fsp3) is 0.222. The molecule has 0 spiro atoms. The van der Waals surface area contributed by atoms with Crippen LogP contribution in [0.4, 0.5) is 0 Å². The normalized spacial score (nSPS) is 10.6. The summed E-state index contributed by atoms with van der Waals surface area (Å²) < 4.78 is 0. The second-order valence-corrected chi connectivity index (χ2v) is 5.13. The summed E-state index contributed by atoms with van der Waals surface area (Å²) in [4.78, 5) is 6.94. The van der Waals surface area contributed by atoms with E-state index in [1.54, 1.807) is 22.7 Å². The molecule has 0 saturated carbocycles. The number of aromatic nitrogens is 1. The Morgan fingerprint density at radius 2 is 2.38 bits per heavy atom. The highest BCUT2D eigenvalue weighted by Crippen LogP contribution is 2.30. The van der Waals surface area contributed by atoms with Crippen LogP contribution in [0.5, 0.6) is 0 Å². The largest absolute Gasteiger partial charge is 0.239 e. The van der Waals surface area contributed by atoms with Gasteiger partial charge in [-0.25, -0.2) is 4.98 Å². The molecule has 2 rings (SSSR count). The van der Waals surface area contributed by atoms with Crippen molar-refractivity contribution in [1.82, 2.24) is 4.98 Å². The summed E-state index contributed by atoms with van der Waals surface area (Å²) in [5, 5.41) is 3.07. The standard InChI is InChI=1S/C9H8ClNS2/c1-6-9(7-3-2-4-12-7)11-8(5-10)13-6/h2-4H,5H2,1H3. The first-order valence-electron chi connectivity index (χ1n) is 3.87. The molecule has 2 aromatic rings. The zero-order valence-corrected chi connectivity index (χ0v) is 9.47. The molecule has 2 heterocycles. The number of nitrogens with zero attached hydrogens (tertiary/aromatic N) is 1. The van der Waals surface area contributed by atoms with Crippen LogP contribution in [0.15, 0.2) is 17.5 Å². The number of rotatable bonds is 2. The second-order valence-electron chi connectivity index (χ2n) is 2.62. The molecule has 68 valence electrons. The van der Waals surface area contributed by atoms with Crippen LogP contribution in [-0.4, -0.2) is 4.98 Å². The number of hydrogen-bond donors (Lipinski definition) is 0. The van der Waals surface area contributed by atoms with E-state index >= 15 is 0 Å². The quantitative estimate of drug-likeness (QED) is 0.712. The van der Waals surface area contributed by atoms with Gasteiger partial charge < -0.3 is 0 Å². The molecule has 0 saturated heterocycles. The van der Waals surface area contributed by atoms with Gasteiger partial charge in [0.1, 0.15) is 5.01 Å². The van der Waals surface area contributed by atoms with E-state index in [9.17, 15) is 0 Å². The van der Waals surface area contributed by atoms with Crippen molar-refractivity contribution in [3.05, 3.63) is 27.4 Å². The van der Waals surface area contributed by atoms with Crippen molar-refractivity contribution in [3.8, 4) is 10.6 Å². The van der Waals surface area contributed by atoms with Crippen molar-refractivity contribution in [2.45, 2.75) is 12.8 Å². The van der Waals surface area contributed by atoms with Crippen molar-refractivity contribution in [2.24, 2.45) is 0 Å². The Balaban J connectivity index is 2.46. The number of hydrogen-bond acceptors (Lipinski definition) is 3. The Morgan fingerprint density at radius 1 is 1.54 bits per heavy atom. The van der Waals surface area contributed by atoms with Gasteiger partial charge in [-0.2, -0.15) is 0 Å². The van der Waals surface area contributed by atoms with Gasteiger partial charge in [0.15, 0.2) is 0 Å². The van der Waals surface area contributed by atoms with Gasteiger partial charge >= 0.3 is 0 Å². The molecule has 0 aliphatic rings. The lowest BCUT2D eigenvalue weighted by Crippen LogP contribution is -1.76. The monoisotopic (exact) mass is 229 g/mol. The van der Waals surface area contributed by atoms with Gasteiger partial charge in [0.25, 0.3) is 0 Å². The van der Waals surface area contributed by atoms with Crippen molar-refractivity contribution >= 4 is 34.3 Å². The molecule has 0 atom stereocenters. The van der Waals surface area contributed by atoms with Gasteiger partial charge in [0, 0.05) is 4.88 Å². The predicted molar refractivity (Wildman–Crippen MR) is 59.7 cm³/mol. The van der Waals surface area contributed by atoms with Crippen molar-refractivity contribution in [2.75, 3.05) is 0 Å². The summed E-state index contributed by atoms with van der Waals surface area (Å²) in [6.07, 6.45) is 0. The SMILES string of the molecule is Cc1sc(CCl)nc1-c1cccs1. The van der Waals surface area contributed by atoms with Crippen molar-refractivity contribution in [1.29, 1.82) is 0 Å². The number of thiazole rings is 1. The minimum atomic E-state index is 0.511. The van der Waals surface area contributed by atoms with Crippen LogP contribution in [0, 0.1) is 6.92 Å². The molecule has 0 unspecified atom stereocenters. The molecule has 1 nitrogen and oxygen atoms in total. The van der Waals surface area contributed by atoms with Crippen LogP contribution in [0.1, 0.15) is 9.88 Å². The topological polar surface area (TPSA) is 12.9 Å². The highest BCUT2D eigenvalue weighted by Gasteiger charge is 2.09. The average molecular weight is 230 g/mol. The minimum Gasteiger partial charge on any atom is -0.239 e. The second kappa shape index (κ2) is 3.78. The van der Waals surface area contributed by atoms with E-state index in [4.69, 9.17) is 11.6 Å². The maximum absolute atomic E-state index is 5.72. The summed E-state index contributed by atoms with van der Waals surface area (Å²) in [5.41, 5.74) is 1.09. The maximum Gasteiger partial charge on any atom is 0.108 e. The third-order valence-electron chi connectivity index (χ3n) is 1.71. The molecule has 0 bridgehead atoms. The van der Waals surface area contributed by atoms with Crippen LogP contribution in [0.3, 0.4) is 0 Å². The molecule has 4 heteroatoms. The molecular formula is C9H8ClNS2. The molecule has 0 aliphatic carbocycles. The molecule has 0 aliphatic heterocycles. The van der Waals surface area contributed by atoms with Gasteiger partial charge in [0.2, 0.25) is 0 Å². The van der Waals surface area contributed by atoms with Crippen LogP contribution in [0.25, 0.3) is 10.6 Å². The number of alkyl halides is 1. The van der Waals surface area contributed by atoms with Gasteiger partial charge in [-0.1, -0.05) is 6.07 Å². The van der Waals surface area contributed by atoms with Gasteiger partial charge in [-0.3, -0.25) is 0 Å². The van der Waals surface area contributed by atoms with E-state index in [-0.39, 0.29) is 0 Å². The molecule has 0 radical (unpaired) electrons. The van der Waals surface area contributed by atoms with Gasteiger partial charge in [-0.05, 0) is 18.4 Å². The Labute approximate surface area is 90.0 Å². The van der Waals surface area contributed by atoms with Gasteiger partial charge in [-0.15, -0.1) is 34.3 Å². The summed E-state index contributed by atoms with van der Waals surface area (Å²) in [6.45, 7) is 2.09. The van der Waals surface area contributed by atoms with E-state index in [0.29, 0.717) is 5.88 Å². The lowest BCUT2D eigenvalue weighted by molar-refractivity contribution is 1.26. The van der Waals surface area contributed by atoms with E-state index in [1.807, 2.05) is 6.07 Å². The van der Waals surface area contributed by atoms with Gasteiger partial charge in [0.05, 0.1) is 16.5 Å². The van der Waals surface area contributed by atoms with Crippen molar-refractivity contribution in [3.63, 3.8) is 0 Å². The smallest absolute Gasteiger partial charge is 0.108 e. The molecule has 0 amide bonds. The Hall–Kier alpha value is -0.380. The van der Waals surface area contributed by atoms with Crippen LogP contribution in [-0.2, 0) is 5.88 Å². The minimum absolute atomic E-state index is 0.511. The predicted octanol–water partition coefficient (Wildman–Crippen LogP) is 3.92. The maximum atomic E-state index is 5.72. The lowest BCUT2D eigenvalue weighted by atomic mass is 10.3. The third-order valence-corrected chi connectivity index (χ3v) is 3.97. The molecule has 0 N–H and O–H groups in total. The summed E-state index contributed by atoms with van der Waals surface area (Å²) in [5.74, 6) is 0.511. The molecule has 0 aromatic carbocycles. The Morgan fingerprint density at radius 3 is 2.92 bits per heavy atom. The zero-order chi connectivity index (χ0) is 9.26. The summed E-state index contributed by atoms with van der Waals surface area (Å²) in [6, 6.07) is 4.13. The Bertz CT molecular complexity index is 392. The van der Waals surface area contributed by atoms with Crippen LogP contribution >= 0.6 is 34.3 Å². The fourth-order valence-electron chi connectivity index (χ4n) is 1.15. The zero-order valence-electron chi connectivity index (χ0n) is 7.08. The number of halogens is 1. The van der Waals surface area contributed by atoms with E-state index in [2.05, 4.69) is 23.4 Å². The Kier molecular flexibility index (Phi) is 2.67. The van der Waals surface area contributed by atoms with Crippen LogP contribution in [0.2, 0.25) is 0 Å².